The molecule has 1 aromatic heterocycles. The maximum atomic E-state index is 7.42. The van der Waals surface area contributed by atoms with Gasteiger partial charge < -0.3 is 5.73 Å². The number of halogens is 1. The number of aryl methyl sites for hydroxylation is 1. The molecule has 106 valence electrons. The summed E-state index contributed by atoms with van der Waals surface area (Å²) in [6.45, 7) is 6.87. The van der Waals surface area contributed by atoms with Gasteiger partial charge in [-0.3, -0.25) is 10.1 Å². The second kappa shape index (κ2) is 5.67. The molecule has 20 heavy (non-hydrogen) atoms. The molecule has 2 aromatic rings. The van der Waals surface area contributed by atoms with Gasteiger partial charge in [0.1, 0.15) is 5.84 Å². The number of hydrogen-bond donors (Lipinski definition) is 2. The van der Waals surface area contributed by atoms with Crippen LogP contribution in [-0.2, 0) is 13.0 Å². The van der Waals surface area contributed by atoms with E-state index in [1.54, 1.807) is 6.07 Å². The average Bonchev–Trinajstić information content (AvgIpc) is 2.66. The quantitative estimate of drug-likeness (QED) is 0.671. The van der Waals surface area contributed by atoms with Gasteiger partial charge in [0, 0.05) is 16.3 Å². The Kier molecular flexibility index (Phi) is 4.14. The Morgan fingerprint density at radius 3 is 2.60 bits per heavy atom. The van der Waals surface area contributed by atoms with E-state index in [0.29, 0.717) is 17.1 Å². The van der Waals surface area contributed by atoms with Gasteiger partial charge in [-0.05, 0) is 37.5 Å². The van der Waals surface area contributed by atoms with E-state index in [4.69, 9.17) is 22.7 Å². The molecule has 0 bridgehead atoms. The molecule has 0 amide bonds. The molecule has 1 heterocycles. The van der Waals surface area contributed by atoms with Crippen molar-refractivity contribution >= 4 is 17.4 Å². The van der Waals surface area contributed by atoms with Gasteiger partial charge in [-0.2, -0.15) is 5.10 Å². The SMILES string of the molecule is CCc1c(C)nn(Cc2ccc(C(=N)N)cc2Cl)c1C. The third-order valence-electron chi connectivity index (χ3n) is 3.57. The number of rotatable bonds is 4. The summed E-state index contributed by atoms with van der Waals surface area (Å²) in [5, 5.41) is 12.6. The van der Waals surface area contributed by atoms with Crippen LogP contribution in [0.5, 0.6) is 0 Å². The van der Waals surface area contributed by atoms with Crippen LogP contribution in [0.25, 0.3) is 0 Å². The molecular weight excluding hydrogens is 272 g/mol. The second-order valence-electron chi connectivity index (χ2n) is 4.88. The number of nitrogens with two attached hydrogens (primary N) is 1. The minimum Gasteiger partial charge on any atom is -0.384 e. The van der Waals surface area contributed by atoms with E-state index in [2.05, 4.69) is 18.9 Å². The number of nitrogens with one attached hydrogen (secondary N) is 1. The summed E-state index contributed by atoms with van der Waals surface area (Å²) in [6, 6.07) is 5.45. The molecule has 2 rings (SSSR count). The van der Waals surface area contributed by atoms with E-state index in [1.807, 2.05) is 23.7 Å². The monoisotopic (exact) mass is 290 g/mol. The van der Waals surface area contributed by atoms with Gasteiger partial charge in [-0.25, -0.2) is 0 Å². The fourth-order valence-corrected chi connectivity index (χ4v) is 2.64. The molecule has 0 atom stereocenters. The fraction of sp³-hybridized carbons (Fsp3) is 0.333. The van der Waals surface area contributed by atoms with E-state index in [-0.39, 0.29) is 5.84 Å². The topological polar surface area (TPSA) is 67.7 Å². The number of nitrogen functional groups attached to an aromatic ring is 1. The molecule has 4 nitrogen and oxygen atoms in total. The second-order valence-corrected chi connectivity index (χ2v) is 5.29. The van der Waals surface area contributed by atoms with Crippen molar-refractivity contribution in [1.82, 2.24) is 9.78 Å². The predicted octanol–water partition coefficient (Wildman–Crippen LogP) is 3.05. The van der Waals surface area contributed by atoms with E-state index in [0.717, 1.165) is 17.7 Å². The third-order valence-corrected chi connectivity index (χ3v) is 3.92. The molecular formula is C15H19ClN4. The zero-order valence-electron chi connectivity index (χ0n) is 12.0. The molecule has 0 aliphatic heterocycles. The molecule has 0 spiro atoms. The van der Waals surface area contributed by atoms with Crippen molar-refractivity contribution in [2.75, 3.05) is 0 Å². The van der Waals surface area contributed by atoms with Crippen LogP contribution in [0.2, 0.25) is 5.02 Å². The van der Waals surface area contributed by atoms with Crippen molar-refractivity contribution in [1.29, 1.82) is 5.41 Å². The molecule has 0 saturated heterocycles. The van der Waals surface area contributed by atoms with E-state index in [9.17, 15) is 0 Å². The lowest BCUT2D eigenvalue weighted by Gasteiger charge is -2.09. The first-order chi connectivity index (χ1) is 9.43. The molecule has 3 N–H and O–H groups in total. The summed E-state index contributed by atoms with van der Waals surface area (Å²) in [7, 11) is 0. The predicted molar refractivity (Wildman–Crippen MR) is 82.6 cm³/mol. The molecule has 5 heteroatoms. The average molecular weight is 291 g/mol. The number of benzene rings is 1. The van der Waals surface area contributed by atoms with Crippen molar-refractivity contribution in [3.63, 3.8) is 0 Å². The summed E-state index contributed by atoms with van der Waals surface area (Å²) in [5.41, 5.74) is 10.6. The summed E-state index contributed by atoms with van der Waals surface area (Å²) in [5.74, 6) is 0.0258. The summed E-state index contributed by atoms with van der Waals surface area (Å²) in [4.78, 5) is 0. The van der Waals surface area contributed by atoms with Crippen LogP contribution in [0.15, 0.2) is 18.2 Å². The molecule has 0 aliphatic carbocycles. The number of nitrogens with zero attached hydrogens (tertiary/aromatic N) is 2. The summed E-state index contributed by atoms with van der Waals surface area (Å²) < 4.78 is 1.98. The molecule has 0 radical (unpaired) electrons. The van der Waals surface area contributed by atoms with Crippen molar-refractivity contribution < 1.29 is 0 Å². The van der Waals surface area contributed by atoms with Gasteiger partial charge in [0.2, 0.25) is 0 Å². The van der Waals surface area contributed by atoms with Crippen molar-refractivity contribution in [3.05, 3.63) is 51.3 Å². The van der Waals surface area contributed by atoms with Crippen molar-refractivity contribution in [2.45, 2.75) is 33.7 Å². The van der Waals surface area contributed by atoms with Crippen LogP contribution in [-0.4, -0.2) is 15.6 Å². The molecule has 0 fully saturated rings. The van der Waals surface area contributed by atoms with E-state index < -0.39 is 0 Å². The third kappa shape index (κ3) is 2.70. The fourth-order valence-electron chi connectivity index (χ4n) is 2.40. The van der Waals surface area contributed by atoms with Gasteiger partial charge in [0.05, 0.1) is 12.2 Å². The highest BCUT2D eigenvalue weighted by Crippen LogP contribution is 2.21. The van der Waals surface area contributed by atoms with Crippen LogP contribution >= 0.6 is 11.6 Å². The van der Waals surface area contributed by atoms with Crippen LogP contribution < -0.4 is 5.73 Å². The first-order valence-corrected chi connectivity index (χ1v) is 6.97. The van der Waals surface area contributed by atoms with Gasteiger partial charge >= 0.3 is 0 Å². The maximum Gasteiger partial charge on any atom is 0.122 e. The molecule has 0 unspecified atom stereocenters. The largest absolute Gasteiger partial charge is 0.384 e. The van der Waals surface area contributed by atoms with Crippen LogP contribution in [0.4, 0.5) is 0 Å². The Balaban J connectivity index is 2.33. The van der Waals surface area contributed by atoms with E-state index in [1.165, 1.54) is 11.3 Å². The number of amidine groups is 1. The van der Waals surface area contributed by atoms with Crippen LogP contribution in [0, 0.1) is 19.3 Å². The Morgan fingerprint density at radius 1 is 1.40 bits per heavy atom. The first kappa shape index (κ1) is 14.6. The van der Waals surface area contributed by atoms with Crippen LogP contribution in [0.1, 0.15) is 35.0 Å². The summed E-state index contributed by atoms with van der Waals surface area (Å²) in [6.07, 6.45) is 0.981. The molecule has 1 aromatic carbocycles. The van der Waals surface area contributed by atoms with Gasteiger partial charge in [-0.1, -0.05) is 30.7 Å². The summed E-state index contributed by atoms with van der Waals surface area (Å²) >= 11 is 6.26. The smallest absolute Gasteiger partial charge is 0.122 e. The van der Waals surface area contributed by atoms with Gasteiger partial charge in [0.15, 0.2) is 0 Å². The zero-order chi connectivity index (χ0) is 14.9. The highest BCUT2D eigenvalue weighted by Gasteiger charge is 2.11. The lowest BCUT2D eigenvalue weighted by Crippen LogP contribution is -2.11. The maximum absolute atomic E-state index is 7.42. The van der Waals surface area contributed by atoms with Gasteiger partial charge in [-0.15, -0.1) is 0 Å². The van der Waals surface area contributed by atoms with Crippen molar-refractivity contribution in [3.8, 4) is 0 Å². The Labute approximate surface area is 124 Å². The normalized spacial score (nSPS) is 10.8. The number of hydrogen-bond acceptors (Lipinski definition) is 2. The zero-order valence-corrected chi connectivity index (χ0v) is 12.8. The van der Waals surface area contributed by atoms with Crippen molar-refractivity contribution in [2.24, 2.45) is 5.73 Å². The minimum absolute atomic E-state index is 0.0258. The lowest BCUT2D eigenvalue weighted by molar-refractivity contribution is 0.658. The Hall–Kier alpha value is -1.81. The van der Waals surface area contributed by atoms with Gasteiger partial charge in [0.25, 0.3) is 0 Å². The standard InChI is InChI=1S/C15H19ClN4/c1-4-13-9(2)19-20(10(13)3)8-12-6-5-11(15(17)18)7-14(12)16/h5-7H,4,8H2,1-3H3,(H3,17,18). The number of aromatic nitrogens is 2. The van der Waals surface area contributed by atoms with E-state index >= 15 is 0 Å². The minimum atomic E-state index is 0.0258. The molecule has 0 aliphatic rings. The highest BCUT2D eigenvalue weighted by molar-refractivity contribution is 6.31. The highest BCUT2D eigenvalue weighted by atomic mass is 35.5. The Bertz CT molecular complexity index is 658. The first-order valence-electron chi connectivity index (χ1n) is 6.59. The molecule has 0 saturated carbocycles. The van der Waals surface area contributed by atoms with Crippen LogP contribution in [0.3, 0.4) is 0 Å². The lowest BCUT2D eigenvalue weighted by atomic mass is 10.1. The Morgan fingerprint density at radius 2 is 2.10 bits per heavy atom.